The molecule has 0 aromatic carbocycles. The quantitative estimate of drug-likeness (QED) is 0.395. The lowest BCUT2D eigenvalue weighted by Gasteiger charge is -2.37. The monoisotopic (exact) mass is 435 g/mol. The van der Waals surface area contributed by atoms with Gasteiger partial charge >= 0.3 is 12.1 Å². The van der Waals surface area contributed by atoms with E-state index in [2.05, 4.69) is 9.55 Å². The zero-order chi connectivity index (χ0) is 21.6. The molecule has 3 atom stereocenters. The number of thioether (sulfide) groups is 1. The summed E-state index contributed by atoms with van der Waals surface area (Å²) in [5.41, 5.74) is -0.438. The Morgan fingerprint density at radius 2 is 2.03 bits per heavy atom. The molecule has 10 heteroatoms. The van der Waals surface area contributed by atoms with Gasteiger partial charge in [0, 0.05) is 47.9 Å². The summed E-state index contributed by atoms with van der Waals surface area (Å²) in [5.74, 6) is 0.309. The molecule has 0 spiro atoms. The number of ether oxygens (including phenoxy) is 3. The first-order chi connectivity index (χ1) is 14.1. The number of hydrogen-bond donors (Lipinski definition) is 0. The third kappa shape index (κ3) is 3.92. The molecule has 30 heavy (non-hydrogen) atoms. The Balaban J connectivity index is 1.43. The van der Waals surface area contributed by atoms with Crippen molar-refractivity contribution < 1.29 is 28.6 Å². The highest BCUT2D eigenvalue weighted by atomic mass is 32.2. The number of amides is 1. The average Bonchev–Trinajstić information content (AvgIpc) is 3.26. The van der Waals surface area contributed by atoms with E-state index < -0.39 is 24.5 Å². The van der Waals surface area contributed by atoms with Gasteiger partial charge in [0.2, 0.25) is 12.7 Å². The molecule has 9 nitrogen and oxygen atoms in total. The number of fused-ring (bicyclic) bond motifs is 2. The van der Waals surface area contributed by atoms with Crippen LogP contribution in [0.25, 0.3) is 0 Å². The van der Waals surface area contributed by atoms with Crippen molar-refractivity contribution in [3.63, 3.8) is 0 Å². The summed E-state index contributed by atoms with van der Waals surface area (Å²) in [6.07, 6.45) is 4.03. The van der Waals surface area contributed by atoms with Crippen LogP contribution in [-0.2, 0) is 36.8 Å². The Morgan fingerprint density at radius 1 is 1.27 bits per heavy atom. The molecule has 1 amide bonds. The predicted octanol–water partition coefficient (Wildman–Crippen LogP) is 2.46. The summed E-state index contributed by atoms with van der Waals surface area (Å²) < 4.78 is 17.1. The predicted molar refractivity (Wildman–Crippen MR) is 107 cm³/mol. The van der Waals surface area contributed by atoms with E-state index in [4.69, 9.17) is 14.2 Å². The second kappa shape index (κ2) is 7.64. The smallest absolute Gasteiger partial charge is 0.428 e. The maximum atomic E-state index is 12.8. The van der Waals surface area contributed by atoms with Crippen LogP contribution in [-0.4, -0.2) is 56.2 Å². The van der Waals surface area contributed by atoms with Gasteiger partial charge in [0.25, 0.3) is 0 Å². The summed E-state index contributed by atoms with van der Waals surface area (Å²) in [6, 6.07) is -0.0206. The molecule has 0 radical (unpaired) electrons. The third-order valence-electron chi connectivity index (χ3n) is 5.30. The second-order valence-corrected chi connectivity index (χ2v) is 9.98. The number of rotatable bonds is 5. The van der Waals surface area contributed by atoms with E-state index in [1.54, 1.807) is 38.7 Å². The number of carbonyl (C=O) groups excluding carboxylic acids is 3. The number of imidazole rings is 1. The van der Waals surface area contributed by atoms with Gasteiger partial charge in [-0.25, -0.2) is 14.6 Å². The van der Waals surface area contributed by atoms with E-state index in [-0.39, 0.29) is 28.8 Å². The fraction of sp³-hybridized carbons (Fsp3) is 0.600. The largest absolute Gasteiger partial charge is 0.511 e. The van der Waals surface area contributed by atoms with Crippen molar-refractivity contribution in [2.75, 3.05) is 6.79 Å². The first-order valence-electron chi connectivity index (χ1n) is 9.90. The van der Waals surface area contributed by atoms with E-state index in [9.17, 15) is 14.4 Å². The molecule has 1 aromatic rings. The van der Waals surface area contributed by atoms with Crippen LogP contribution in [0.5, 0.6) is 0 Å². The molecule has 3 aliphatic rings. The Hall–Kier alpha value is -2.49. The van der Waals surface area contributed by atoms with E-state index in [1.165, 1.54) is 4.90 Å². The summed E-state index contributed by atoms with van der Waals surface area (Å²) >= 11 is 1.61. The SMILES string of the molecule is CC1C(SC2Cc3nccn3C2)=C(C(=O)OCOC(=O)OC(C)(C)C)N2C(=O)CC12. The highest BCUT2D eigenvalue weighted by Crippen LogP contribution is 2.49. The molecule has 3 aliphatic heterocycles. The van der Waals surface area contributed by atoms with Crippen LogP contribution in [0.4, 0.5) is 4.79 Å². The molecular weight excluding hydrogens is 410 g/mol. The standard InChI is InChI=1S/C20H25N3O6S/c1-11-13-8-15(24)23(13)16(18(25)27-10-28-19(26)29-20(2,3)4)17(11)30-12-7-14-21-5-6-22(14)9-12/h5-6,11-13H,7-10H2,1-4H3. The number of hydrogen-bond acceptors (Lipinski definition) is 8. The normalized spacial score (nSPS) is 25.0. The summed E-state index contributed by atoms with van der Waals surface area (Å²) in [6.45, 7) is 7.38. The average molecular weight is 436 g/mol. The van der Waals surface area contributed by atoms with Crippen LogP contribution in [0.1, 0.15) is 39.9 Å². The van der Waals surface area contributed by atoms with Gasteiger partial charge in [-0.05, 0) is 20.8 Å². The minimum atomic E-state index is -0.919. The maximum Gasteiger partial charge on any atom is 0.511 e. The van der Waals surface area contributed by atoms with Crippen molar-refractivity contribution in [1.82, 2.24) is 14.5 Å². The van der Waals surface area contributed by atoms with Gasteiger partial charge in [0.1, 0.15) is 17.1 Å². The van der Waals surface area contributed by atoms with Crippen molar-refractivity contribution in [3.8, 4) is 0 Å². The van der Waals surface area contributed by atoms with Crippen LogP contribution >= 0.6 is 11.8 Å². The summed E-state index contributed by atoms with van der Waals surface area (Å²) in [4.78, 5) is 43.4. The minimum Gasteiger partial charge on any atom is -0.428 e. The maximum absolute atomic E-state index is 12.8. The van der Waals surface area contributed by atoms with Crippen LogP contribution in [0, 0.1) is 5.92 Å². The molecule has 0 bridgehead atoms. The van der Waals surface area contributed by atoms with Crippen molar-refractivity contribution in [1.29, 1.82) is 0 Å². The Labute approximate surface area is 178 Å². The zero-order valence-electron chi connectivity index (χ0n) is 17.4. The van der Waals surface area contributed by atoms with Crippen LogP contribution in [0.3, 0.4) is 0 Å². The Bertz CT molecular complexity index is 897. The molecule has 0 N–H and O–H groups in total. The van der Waals surface area contributed by atoms with E-state index >= 15 is 0 Å². The lowest BCUT2D eigenvalue weighted by molar-refractivity contribution is -0.157. The molecule has 1 fully saturated rings. The van der Waals surface area contributed by atoms with Gasteiger partial charge in [-0.3, -0.25) is 4.79 Å². The van der Waals surface area contributed by atoms with Crippen LogP contribution in [0.2, 0.25) is 0 Å². The molecule has 1 saturated heterocycles. The number of esters is 1. The lowest BCUT2D eigenvalue weighted by Crippen LogP contribution is -2.52. The molecule has 0 saturated carbocycles. The van der Waals surface area contributed by atoms with Crippen molar-refractivity contribution >= 4 is 29.8 Å². The number of nitrogens with zero attached hydrogens (tertiary/aromatic N) is 3. The van der Waals surface area contributed by atoms with Gasteiger partial charge in [0.15, 0.2) is 0 Å². The molecule has 4 rings (SSSR count). The minimum absolute atomic E-state index is 0.0206. The third-order valence-corrected chi connectivity index (χ3v) is 6.77. The van der Waals surface area contributed by atoms with E-state index in [1.807, 2.05) is 13.1 Å². The lowest BCUT2D eigenvalue weighted by atomic mass is 9.94. The second-order valence-electron chi connectivity index (χ2n) is 8.63. The molecule has 0 aliphatic carbocycles. The molecule has 4 heterocycles. The van der Waals surface area contributed by atoms with Gasteiger partial charge in [-0.2, -0.15) is 0 Å². The molecule has 3 unspecified atom stereocenters. The first-order valence-corrected chi connectivity index (χ1v) is 10.8. The topological polar surface area (TPSA) is 100.0 Å². The fourth-order valence-electron chi connectivity index (χ4n) is 3.92. The number of carbonyl (C=O) groups is 3. The summed E-state index contributed by atoms with van der Waals surface area (Å²) in [7, 11) is 0. The van der Waals surface area contributed by atoms with Crippen LogP contribution in [0.15, 0.2) is 23.0 Å². The van der Waals surface area contributed by atoms with E-state index in [0.29, 0.717) is 6.42 Å². The van der Waals surface area contributed by atoms with E-state index in [0.717, 1.165) is 23.7 Å². The van der Waals surface area contributed by atoms with Gasteiger partial charge in [0.05, 0.1) is 6.04 Å². The highest BCUT2D eigenvalue weighted by Gasteiger charge is 2.52. The van der Waals surface area contributed by atoms with Crippen LogP contribution < -0.4 is 0 Å². The molecule has 1 aromatic heterocycles. The van der Waals surface area contributed by atoms with Crippen molar-refractivity contribution in [2.24, 2.45) is 5.92 Å². The zero-order valence-corrected chi connectivity index (χ0v) is 18.2. The van der Waals surface area contributed by atoms with Gasteiger partial charge < -0.3 is 23.7 Å². The van der Waals surface area contributed by atoms with Crippen molar-refractivity contribution in [2.45, 2.75) is 64.0 Å². The summed E-state index contributed by atoms with van der Waals surface area (Å²) in [5, 5.41) is 0.237. The fourth-order valence-corrected chi connectivity index (χ4v) is 5.42. The number of β-lactam (4-membered cyclic amide) rings is 1. The highest BCUT2D eigenvalue weighted by molar-refractivity contribution is 8.03. The molecular formula is C20H25N3O6S. The van der Waals surface area contributed by atoms with Gasteiger partial charge in [-0.1, -0.05) is 6.92 Å². The Kier molecular flexibility index (Phi) is 5.29. The number of aromatic nitrogens is 2. The van der Waals surface area contributed by atoms with Gasteiger partial charge in [-0.15, -0.1) is 11.8 Å². The first kappa shape index (κ1) is 20.8. The van der Waals surface area contributed by atoms with Crippen molar-refractivity contribution in [3.05, 3.63) is 28.8 Å². The molecule has 162 valence electrons. The Morgan fingerprint density at radius 3 is 2.70 bits per heavy atom.